The molecule has 0 atom stereocenters. The molecule has 1 aliphatic rings. The molecule has 0 unspecified atom stereocenters. The first-order chi connectivity index (χ1) is 29.8. The van der Waals surface area contributed by atoms with Crippen molar-refractivity contribution in [2.24, 2.45) is 0 Å². The van der Waals surface area contributed by atoms with Gasteiger partial charge >= 0.3 is 0 Å². The van der Waals surface area contributed by atoms with Crippen LogP contribution in [0.1, 0.15) is 0 Å². The largest absolute Gasteiger partial charge is 0.309 e. The molecule has 9 aromatic carbocycles. The quantitative estimate of drug-likeness (QED) is 0.169. The van der Waals surface area contributed by atoms with E-state index in [2.05, 4.69) is 185 Å². The smallest absolute Gasteiger partial charge is 0.238 e. The topological polar surface area (TPSA) is 46.8 Å². The zero-order chi connectivity index (χ0) is 39.6. The number of rotatable bonds is 6. The molecule has 3 heterocycles. The molecule has 280 valence electrons. The van der Waals surface area contributed by atoms with Crippen LogP contribution < -0.4 is 4.90 Å². The van der Waals surface area contributed by atoms with Crippen molar-refractivity contribution in [3.05, 3.63) is 212 Å². The third-order valence-electron chi connectivity index (χ3n) is 11.8. The molecule has 1 aliphatic heterocycles. The van der Waals surface area contributed by atoms with Crippen LogP contribution in [0.15, 0.2) is 212 Å². The van der Waals surface area contributed by atoms with Gasteiger partial charge in [-0.3, -0.25) is 4.90 Å². The molecule has 5 nitrogen and oxygen atoms in total. The lowest BCUT2D eigenvalue weighted by atomic mass is 9.87. The number of benzene rings is 9. The van der Waals surface area contributed by atoms with Crippen LogP contribution in [0.5, 0.6) is 0 Å². The summed E-state index contributed by atoms with van der Waals surface area (Å²) >= 11 is 0. The minimum Gasteiger partial charge on any atom is -0.309 e. The SMILES string of the molecule is c1ccc(-c2ccc3c(c2)c2cc4c(cc2n3-c2ccccc2)N(c2nc(-c3ccccc3)nc(-c3ccccc3)n2)c2cccc3c(-c5ccccc5)ccc-4c23)cc1. The normalized spacial score (nSPS) is 12.0. The van der Waals surface area contributed by atoms with Gasteiger partial charge in [0.05, 0.1) is 22.4 Å². The van der Waals surface area contributed by atoms with Crippen molar-refractivity contribution in [1.29, 1.82) is 0 Å². The Morgan fingerprint density at radius 2 is 0.883 bits per heavy atom. The molecular weight excluding hydrogens is 731 g/mol. The number of para-hydroxylation sites is 1. The second kappa shape index (κ2) is 13.8. The minimum atomic E-state index is 0.556. The second-order valence-corrected chi connectivity index (χ2v) is 15.2. The average molecular weight is 766 g/mol. The summed E-state index contributed by atoms with van der Waals surface area (Å²) in [4.78, 5) is 18.0. The summed E-state index contributed by atoms with van der Waals surface area (Å²) < 4.78 is 2.39. The molecule has 0 spiro atoms. The average Bonchev–Trinajstić information content (AvgIpc) is 3.65. The van der Waals surface area contributed by atoms with Crippen LogP contribution in [-0.4, -0.2) is 19.5 Å². The Balaban J connectivity index is 1.21. The van der Waals surface area contributed by atoms with Crippen LogP contribution in [0.3, 0.4) is 0 Å². The predicted molar refractivity (Wildman–Crippen MR) is 247 cm³/mol. The van der Waals surface area contributed by atoms with Crippen molar-refractivity contribution in [1.82, 2.24) is 19.5 Å². The number of nitrogens with zero attached hydrogens (tertiary/aromatic N) is 5. The van der Waals surface area contributed by atoms with E-state index in [0.29, 0.717) is 17.6 Å². The molecule has 0 radical (unpaired) electrons. The van der Waals surface area contributed by atoms with E-state index in [4.69, 9.17) is 15.0 Å². The number of hydrogen-bond acceptors (Lipinski definition) is 4. The van der Waals surface area contributed by atoms with Crippen molar-refractivity contribution in [3.63, 3.8) is 0 Å². The Morgan fingerprint density at radius 3 is 1.53 bits per heavy atom. The fourth-order valence-corrected chi connectivity index (χ4v) is 9.03. The number of aromatic nitrogens is 4. The molecular formula is C55H35N5. The molecule has 12 rings (SSSR count). The lowest BCUT2D eigenvalue weighted by Gasteiger charge is -2.33. The van der Waals surface area contributed by atoms with E-state index in [1.165, 1.54) is 44.0 Å². The highest BCUT2D eigenvalue weighted by Gasteiger charge is 2.31. The molecule has 11 aromatic rings. The molecule has 0 saturated carbocycles. The van der Waals surface area contributed by atoms with Crippen LogP contribution >= 0.6 is 0 Å². The number of hydrogen-bond donors (Lipinski definition) is 0. The molecule has 5 heteroatoms. The molecule has 60 heavy (non-hydrogen) atoms. The van der Waals surface area contributed by atoms with Crippen molar-refractivity contribution in [3.8, 4) is 61.8 Å². The molecule has 0 amide bonds. The first-order valence-electron chi connectivity index (χ1n) is 20.3. The van der Waals surface area contributed by atoms with Crippen LogP contribution in [0, 0.1) is 0 Å². The zero-order valence-corrected chi connectivity index (χ0v) is 32.4. The molecule has 0 fully saturated rings. The second-order valence-electron chi connectivity index (χ2n) is 15.2. The standard InChI is InChI=1S/C55H35N5/c1-6-17-36(18-7-1)40-29-32-48-45(33-40)47-34-46-44-31-30-42(37-19-8-2-9-20-37)43-27-16-28-49(52(43)44)60(51(46)35-50(47)59(48)41-25-14-5-15-26-41)55-57-53(38-21-10-3-11-22-38)56-54(58-55)39-23-12-4-13-24-39/h1-35H. The van der Waals surface area contributed by atoms with Gasteiger partial charge in [0.25, 0.3) is 0 Å². The summed E-state index contributed by atoms with van der Waals surface area (Å²) in [5.41, 5.74) is 14.2. The Labute approximate surface area is 347 Å². The maximum absolute atomic E-state index is 5.34. The van der Waals surface area contributed by atoms with Crippen molar-refractivity contribution in [2.75, 3.05) is 4.90 Å². The molecule has 0 N–H and O–H groups in total. The summed E-state index contributed by atoms with van der Waals surface area (Å²) in [6, 6.07) is 75.2. The summed E-state index contributed by atoms with van der Waals surface area (Å²) in [5, 5.41) is 4.70. The molecule has 0 aliphatic carbocycles. The van der Waals surface area contributed by atoms with Gasteiger partial charge in [0.15, 0.2) is 11.6 Å². The van der Waals surface area contributed by atoms with E-state index < -0.39 is 0 Å². The lowest BCUT2D eigenvalue weighted by Crippen LogP contribution is -2.19. The number of anilines is 3. The Morgan fingerprint density at radius 1 is 0.317 bits per heavy atom. The highest BCUT2D eigenvalue weighted by Crippen LogP contribution is 2.54. The van der Waals surface area contributed by atoms with E-state index in [9.17, 15) is 0 Å². The maximum atomic E-state index is 5.34. The van der Waals surface area contributed by atoms with Crippen LogP contribution in [0.2, 0.25) is 0 Å². The van der Waals surface area contributed by atoms with Crippen molar-refractivity contribution >= 4 is 49.9 Å². The van der Waals surface area contributed by atoms with E-state index in [1.807, 2.05) is 36.4 Å². The van der Waals surface area contributed by atoms with Gasteiger partial charge in [-0.15, -0.1) is 0 Å². The van der Waals surface area contributed by atoms with Crippen LogP contribution in [0.25, 0.3) is 94.4 Å². The fraction of sp³-hybridized carbons (Fsp3) is 0. The summed E-state index contributed by atoms with van der Waals surface area (Å²) in [7, 11) is 0. The fourth-order valence-electron chi connectivity index (χ4n) is 9.03. The Bertz CT molecular complexity index is 3340. The third-order valence-corrected chi connectivity index (χ3v) is 11.8. The maximum Gasteiger partial charge on any atom is 0.238 e. The first-order valence-corrected chi connectivity index (χ1v) is 20.3. The van der Waals surface area contributed by atoms with Gasteiger partial charge in [-0.05, 0) is 75.7 Å². The Hall–Kier alpha value is -8.15. The van der Waals surface area contributed by atoms with Gasteiger partial charge in [-0.25, -0.2) is 4.98 Å². The predicted octanol–water partition coefficient (Wildman–Crippen LogP) is 14.2. The first kappa shape index (κ1) is 33.9. The molecule has 0 saturated heterocycles. The molecule has 0 bridgehead atoms. The van der Waals surface area contributed by atoms with Crippen molar-refractivity contribution < 1.29 is 0 Å². The summed E-state index contributed by atoms with van der Waals surface area (Å²) in [6.07, 6.45) is 0. The van der Waals surface area contributed by atoms with E-state index in [1.54, 1.807) is 0 Å². The van der Waals surface area contributed by atoms with Gasteiger partial charge < -0.3 is 4.57 Å². The van der Waals surface area contributed by atoms with E-state index >= 15 is 0 Å². The van der Waals surface area contributed by atoms with Crippen LogP contribution in [0.4, 0.5) is 17.3 Å². The lowest BCUT2D eigenvalue weighted by molar-refractivity contribution is 1.02. The number of fused-ring (bicyclic) bond motifs is 5. The Kier molecular flexibility index (Phi) is 7.78. The van der Waals surface area contributed by atoms with Gasteiger partial charge in [-0.1, -0.05) is 170 Å². The monoisotopic (exact) mass is 765 g/mol. The summed E-state index contributed by atoms with van der Waals surface area (Å²) in [6.45, 7) is 0. The van der Waals surface area contributed by atoms with Crippen molar-refractivity contribution in [2.45, 2.75) is 0 Å². The highest BCUT2D eigenvalue weighted by molar-refractivity contribution is 6.21. The van der Waals surface area contributed by atoms with Gasteiger partial charge in [-0.2, -0.15) is 9.97 Å². The molecule has 2 aromatic heterocycles. The zero-order valence-electron chi connectivity index (χ0n) is 32.4. The third kappa shape index (κ3) is 5.44. The van der Waals surface area contributed by atoms with E-state index in [0.717, 1.165) is 50.2 Å². The minimum absolute atomic E-state index is 0.556. The summed E-state index contributed by atoms with van der Waals surface area (Å²) in [5.74, 6) is 1.79. The van der Waals surface area contributed by atoms with Gasteiger partial charge in [0.1, 0.15) is 0 Å². The van der Waals surface area contributed by atoms with Crippen LogP contribution in [-0.2, 0) is 0 Å². The highest BCUT2D eigenvalue weighted by atomic mass is 15.3. The van der Waals surface area contributed by atoms with Gasteiger partial charge in [0.2, 0.25) is 5.95 Å². The van der Waals surface area contributed by atoms with E-state index in [-0.39, 0.29) is 0 Å². The van der Waals surface area contributed by atoms with Gasteiger partial charge in [0, 0.05) is 38.5 Å².